The molecule has 1 aromatic carbocycles. The average Bonchev–Trinajstić information content (AvgIpc) is 3.42. The van der Waals surface area contributed by atoms with Gasteiger partial charge in [-0.3, -0.25) is 4.79 Å². The van der Waals surface area contributed by atoms with E-state index in [1.807, 2.05) is 12.1 Å². The number of allylic oxidation sites excluding steroid dienone is 1. The molecule has 1 saturated heterocycles. The molecule has 8 nitrogen and oxygen atoms in total. The highest BCUT2D eigenvalue weighted by atomic mass is 32.2. The minimum absolute atomic E-state index is 0.110. The lowest BCUT2D eigenvalue weighted by molar-refractivity contribution is -0.139. The monoisotopic (exact) mass is 546 g/mol. The number of fused-ring (bicyclic) bond motifs is 4. The van der Waals surface area contributed by atoms with Crippen LogP contribution >= 0.6 is 0 Å². The number of rotatable bonds is 8. The Hall–Kier alpha value is -1.78. The summed E-state index contributed by atoms with van der Waals surface area (Å²) in [6.07, 6.45) is 7.65. The molecule has 0 radical (unpaired) electrons. The summed E-state index contributed by atoms with van der Waals surface area (Å²) >= 11 is 0. The van der Waals surface area contributed by atoms with Crippen LogP contribution in [-0.4, -0.2) is 78.2 Å². The van der Waals surface area contributed by atoms with Gasteiger partial charge in [0.2, 0.25) is 15.9 Å². The minimum Gasteiger partial charge on any atom is -0.395 e. The summed E-state index contributed by atoms with van der Waals surface area (Å²) in [7, 11) is -3.70. The van der Waals surface area contributed by atoms with E-state index in [4.69, 9.17) is 0 Å². The molecule has 4 N–H and O–H groups in total. The second-order valence-electron chi connectivity index (χ2n) is 13.1. The maximum atomic E-state index is 14.0. The predicted octanol–water partition coefficient (Wildman–Crippen LogP) is 2.04. The van der Waals surface area contributed by atoms with E-state index >= 15 is 0 Å². The average molecular weight is 547 g/mol. The van der Waals surface area contributed by atoms with Crippen LogP contribution in [0.1, 0.15) is 64.0 Å². The number of amides is 1. The van der Waals surface area contributed by atoms with Crippen LogP contribution in [0.2, 0.25) is 0 Å². The van der Waals surface area contributed by atoms with Crippen molar-refractivity contribution >= 4 is 22.0 Å². The molecule has 3 aliphatic carbocycles. The van der Waals surface area contributed by atoms with Gasteiger partial charge >= 0.3 is 0 Å². The third kappa shape index (κ3) is 3.91. The van der Waals surface area contributed by atoms with Crippen molar-refractivity contribution in [2.24, 2.45) is 22.2 Å². The van der Waals surface area contributed by atoms with Crippen LogP contribution in [0.25, 0.3) is 6.08 Å². The van der Waals surface area contributed by atoms with Gasteiger partial charge in [-0.05, 0) is 61.5 Å². The first-order valence-corrected chi connectivity index (χ1v) is 15.4. The van der Waals surface area contributed by atoms with E-state index in [2.05, 4.69) is 43.4 Å². The van der Waals surface area contributed by atoms with E-state index in [0.717, 1.165) is 19.3 Å². The van der Waals surface area contributed by atoms with Gasteiger partial charge in [0.15, 0.2) is 0 Å². The Balaban J connectivity index is 1.35. The van der Waals surface area contributed by atoms with Gasteiger partial charge < -0.3 is 20.6 Å². The van der Waals surface area contributed by atoms with Gasteiger partial charge in [0, 0.05) is 30.5 Å². The van der Waals surface area contributed by atoms with E-state index in [1.54, 1.807) is 4.31 Å². The normalized spacial score (nSPS) is 31.6. The molecule has 1 aliphatic heterocycles. The fraction of sp³-hybridized carbons (Fsp3) is 0.690. The second kappa shape index (κ2) is 9.13. The summed E-state index contributed by atoms with van der Waals surface area (Å²) in [4.78, 5) is 12.8. The molecule has 1 aromatic rings. The lowest BCUT2D eigenvalue weighted by Gasteiger charge is -2.49. The van der Waals surface area contributed by atoms with Crippen molar-refractivity contribution in [1.82, 2.24) is 9.62 Å². The van der Waals surface area contributed by atoms with E-state index < -0.39 is 51.0 Å². The molecule has 1 spiro atoms. The first-order valence-electron chi connectivity index (χ1n) is 13.8. The van der Waals surface area contributed by atoms with Crippen LogP contribution in [-0.2, 0) is 20.2 Å². The second-order valence-corrected chi connectivity index (χ2v) is 15.0. The first kappa shape index (κ1) is 27.8. The lowest BCUT2D eigenvalue weighted by atomic mass is 9.64. The van der Waals surface area contributed by atoms with Crippen molar-refractivity contribution in [3.8, 4) is 0 Å². The topological polar surface area (TPSA) is 127 Å². The van der Waals surface area contributed by atoms with Crippen molar-refractivity contribution in [1.29, 1.82) is 0 Å². The Morgan fingerprint density at radius 2 is 1.79 bits per heavy atom. The minimum atomic E-state index is -3.70. The van der Waals surface area contributed by atoms with Crippen LogP contribution in [0.15, 0.2) is 30.3 Å². The summed E-state index contributed by atoms with van der Waals surface area (Å²) < 4.78 is 29.6. The third-order valence-corrected chi connectivity index (χ3v) is 13.0. The van der Waals surface area contributed by atoms with Gasteiger partial charge in [0.25, 0.3) is 0 Å². The molecular formula is C29H42N2O6S. The molecule has 1 heterocycles. The van der Waals surface area contributed by atoms with E-state index in [0.29, 0.717) is 25.9 Å². The van der Waals surface area contributed by atoms with Gasteiger partial charge in [-0.1, -0.05) is 50.3 Å². The maximum Gasteiger partial charge on any atom is 0.230 e. The van der Waals surface area contributed by atoms with Gasteiger partial charge in [0.05, 0.1) is 30.0 Å². The predicted molar refractivity (Wildman–Crippen MR) is 146 cm³/mol. The number of aliphatic hydroxyl groups excluding tert-OH is 2. The summed E-state index contributed by atoms with van der Waals surface area (Å²) in [6.45, 7) is 5.26. The number of aliphatic hydroxyl groups is 3. The number of nitrogens with zero attached hydrogens (tertiary/aromatic N) is 1. The zero-order chi connectivity index (χ0) is 27.6. The molecule has 4 aliphatic rings. The van der Waals surface area contributed by atoms with Gasteiger partial charge in [-0.2, -0.15) is 0 Å². The molecular weight excluding hydrogens is 504 g/mol. The smallest absolute Gasteiger partial charge is 0.230 e. The molecule has 3 atom stereocenters. The number of carbonyl (C=O) groups excluding carboxylic acids is 1. The third-order valence-electron chi connectivity index (χ3n) is 11.0. The molecule has 38 heavy (non-hydrogen) atoms. The van der Waals surface area contributed by atoms with Crippen LogP contribution in [0.4, 0.5) is 0 Å². The van der Waals surface area contributed by atoms with E-state index in [1.165, 1.54) is 18.1 Å². The fourth-order valence-electron chi connectivity index (χ4n) is 7.99. The summed E-state index contributed by atoms with van der Waals surface area (Å²) in [5.74, 6) is -0.570. The standard InChI is InChI=1S/C29H42N2O6S/c1-25(2)22-9-11-28(25,29(35,16-22)17-30-24(34)26(3,18-32)19-33)20-38(36,37)31-14-12-27(13-15-31)10-8-21-6-4-5-7-23(21)27/h4-8,10,22,32-33,35H,9,11-20H2,1-3H3,(H,30,34). The molecule has 3 unspecified atom stereocenters. The lowest BCUT2D eigenvalue weighted by Crippen LogP contribution is -2.61. The maximum absolute atomic E-state index is 14.0. The van der Waals surface area contributed by atoms with Gasteiger partial charge in [-0.25, -0.2) is 12.7 Å². The van der Waals surface area contributed by atoms with Crippen molar-refractivity contribution in [3.05, 3.63) is 41.5 Å². The Labute approximate surface area is 226 Å². The molecule has 3 fully saturated rings. The number of nitrogens with one attached hydrogen (secondary N) is 1. The number of hydrogen-bond donors (Lipinski definition) is 4. The molecule has 9 heteroatoms. The highest BCUT2D eigenvalue weighted by molar-refractivity contribution is 7.89. The van der Waals surface area contributed by atoms with Crippen LogP contribution in [0.3, 0.4) is 0 Å². The van der Waals surface area contributed by atoms with Crippen molar-refractivity contribution in [2.75, 3.05) is 38.6 Å². The highest BCUT2D eigenvalue weighted by Crippen LogP contribution is 2.70. The quantitative estimate of drug-likeness (QED) is 0.395. The van der Waals surface area contributed by atoms with Crippen LogP contribution in [0.5, 0.6) is 0 Å². The van der Waals surface area contributed by atoms with Gasteiger partial charge in [0.1, 0.15) is 0 Å². The molecule has 5 rings (SSSR count). The number of benzene rings is 1. The van der Waals surface area contributed by atoms with Crippen molar-refractivity contribution in [3.63, 3.8) is 0 Å². The molecule has 2 bridgehead atoms. The summed E-state index contributed by atoms with van der Waals surface area (Å²) in [5.41, 5.74) is -1.77. The summed E-state index contributed by atoms with van der Waals surface area (Å²) in [6, 6.07) is 8.31. The van der Waals surface area contributed by atoms with Crippen LogP contribution < -0.4 is 5.32 Å². The Morgan fingerprint density at radius 1 is 1.13 bits per heavy atom. The Bertz CT molecular complexity index is 1230. The van der Waals surface area contributed by atoms with Crippen molar-refractivity contribution < 1.29 is 28.5 Å². The number of sulfonamides is 1. The Morgan fingerprint density at radius 3 is 2.42 bits per heavy atom. The molecule has 0 aromatic heterocycles. The molecule has 1 amide bonds. The zero-order valence-electron chi connectivity index (χ0n) is 22.7. The SMILES string of the molecule is CC(CO)(CO)C(=O)NCC1(O)CC2CCC1(CS(=O)(=O)N1CCC3(C=Cc4ccccc43)CC1)C2(C)C. The number of carbonyl (C=O) groups is 1. The molecule has 210 valence electrons. The Kier molecular flexibility index (Phi) is 6.67. The first-order chi connectivity index (χ1) is 17.8. The number of hydrogen-bond acceptors (Lipinski definition) is 6. The van der Waals surface area contributed by atoms with E-state index in [-0.39, 0.29) is 23.6 Å². The fourth-order valence-corrected chi connectivity index (χ4v) is 10.3. The van der Waals surface area contributed by atoms with E-state index in [9.17, 15) is 28.5 Å². The molecule has 2 saturated carbocycles. The number of piperidine rings is 1. The largest absolute Gasteiger partial charge is 0.395 e. The van der Waals surface area contributed by atoms with Crippen molar-refractivity contribution in [2.45, 2.75) is 63.9 Å². The zero-order valence-corrected chi connectivity index (χ0v) is 23.6. The summed E-state index contributed by atoms with van der Waals surface area (Å²) in [5, 5.41) is 34.0. The highest BCUT2D eigenvalue weighted by Gasteiger charge is 2.72. The van der Waals surface area contributed by atoms with Crippen LogP contribution in [0, 0.1) is 22.2 Å². The van der Waals surface area contributed by atoms with Gasteiger partial charge in [-0.15, -0.1) is 0 Å².